The van der Waals surface area contributed by atoms with Crippen molar-refractivity contribution in [3.05, 3.63) is 34.7 Å². The molecule has 3 aliphatic heterocycles. The number of benzene rings is 1. The summed E-state index contributed by atoms with van der Waals surface area (Å²) in [4.78, 5) is 15.6. The second-order valence-corrected chi connectivity index (χ2v) is 8.40. The van der Waals surface area contributed by atoms with Crippen LogP contribution in [0.25, 0.3) is 10.1 Å². The number of halogens is 2. The van der Waals surface area contributed by atoms with Gasteiger partial charge in [0.25, 0.3) is 5.91 Å². The third kappa shape index (κ3) is 2.43. The summed E-state index contributed by atoms with van der Waals surface area (Å²) in [6, 6.07) is 3.79. The van der Waals surface area contributed by atoms with Gasteiger partial charge in [0.2, 0.25) is 0 Å². The largest absolute Gasteiger partial charge is 0.346 e. The predicted molar refractivity (Wildman–Crippen MR) is 91.4 cm³/mol. The topological polar surface area (TPSA) is 32.3 Å². The zero-order chi connectivity index (χ0) is 17.1. The average molecular weight is 350 g/mol. The molecule has 2 aromatic rings. The van der Waals surface area contributed by atoms with E-state index in [-0.39, 0.29) is 17.5 Å². The molecule has 0 saturated carbocycles. The Morgan fingerprint density at radius 1 is 1.25 bits per heavy atom. The summed E-state index contributed by atoms with van der Waals surface area (Å²) in [7, 11) is 0. The molecule has 1 amide bonds. The lowest BCUT2D eigenvalue weighted by atomic mass is 9.72. The highest BCUT2D eigenvalue weighted by molar-refractivity contribution is 7.20. The molecule has 4 heterocycles. The van der Waals surface area contributed by atoms with Crippen molar-refractivity contribution in [2.45, 2.75) is 38.3 Å². The molecule has 1 N–H and O–H groups in total. The molecule has 1 aromatic heterocycles. The van der Waals surface area contributed by atoms with Gasteiger partial charge < -0.3 is 5.32 Å². The van der Waals surface area contributed by atoms with Gasteiger partial charge >= 0.3 is 0 Å². The maximum Gasteiger partial charge on any atom is 0.261 e. The van der Waals surface area contributed by atoms with E-state index < -0.39 is 11.6 Å². The predicted octanol–water partition coefficient (Wildman–Crippen LogP) is 3.78. The Hall–Kier alpha value is -1.53. The van der Waals surface area contributed by atoms with Crippen LogP contribution in [0.15, 0.2) is 18.2 Å². The standard InChI is InChI=1S/C18H20F2N2OS/c1-18(2)16(10-3-5-22(18)6-4-10)21-17(23)14-8-11-7-12(19)9-13(20)15(11)24-14/h7-10,16H,3-6H2,1-2H3,(H,21,23)/t16-/m1/s1. The molecule has 3 fully saturated rings. The maximum absolute atomic E-state index is 13.9. The quantitative estimate of drug-likeness (QED) is 0.894. The zero-order valence-corrected chi connectivity index (χ0v) is 14.6. The number of hydrogen-bond acceptors (Lipinski definition) is 3. The molecule has 6 heteroatoms. The fourth-order valence-electron chi connectivity index (χ4n) is 4.28. The Labute approximate surface area is 143 Å². The van der Waals surface area contributed by atoms with Crippen molar-refractivity contribution in [3.63, 3.8) is 0 Å². The molecule has 0 spiro atoms. The summed E-state index contributed by atoms with van der Waals surface area (Å²) < 4.78 is 27.5. The SMILES string of the molecule is CC1(C)[C@H](NC(=O)c2cc3cc(F)cc(F)c3s2)C2CCN1CC2. The van der Waals surface area contributed by atoms with E-state index in [9.17, 15) is 13.6 Å². The van der Waals surface area contributed by atoms with Gasteiger partial charge in [0.05, 0.1) is 9.58 Å². The fourth-order valence-corrected chi connectivity index (χ4v) is 5.23. The van der Waals surface area contributed by atoms with Crippen molar-refractivity contribution in [2.75, 3.05) is 13.1 Å². The van der Waals surface area contributed by atoms with Crippen LogP contribution in [-0.4, -0.2) is 35.5 Å². The van der Waals surface area contributed by atoms with Gasteiger partial charge in [0.1, 0.15) is 11.6 Å². The van der Waals surface area contributed by atoms with Crippen LogP contribution >= 0.6 is 11.3 Å². The molecule has 2 bridgehead atoms. The van der Waals surface area contributed by atoms with E-state index in [1.165, 1.54) is 6.07 Å². The molecule has 24 heavy (non-hydrogen) atoms. The molecule has 0 aliphatic carbocycles. The molecule has 128 valence electrons. The normalized spacial score (nSPS) is 28.2. The van der Waals surface area contributed by atoms with E-state index in [1.54, 1.807) is 6.07 Å². The van der Waals surface area contributed by atoms with E-state index in [4.69, 9.17) is 0 Å². The lowest BCUT2D eigenvalue weighted by molar-refractivity contribution is -0.0377. The number of nitrogens with one attached hydrogen (secondary N) is 1. The molecule has 3 aliphatic rings. The van der Waals surface area contributed by atoms with Crippen molar-refractivity contribution in [3.8, 4) is 0 Å². The summed E-state index contributed by atoms with van der Waals surface area (Å²) in [6.07, 6.45) is 2.20. The van der Waals surface area contributed by atoms with Crippen molar-refractivity contribution in [1.82, 2.24) is 10.2 Å². The summed E-state index contributed by atoms with van der Waals surface area (Å²) >= 11 is 1.08. The molecule has 3 nitrogen and oxygen atoms in total. The van der Waals surface area contributed by atoms with Gasteiger partial charge in [-0.1, -0.05) is 0 Å². The van der Waals surface area contributed by atoms with Gasteiger partial charge in [-0.3, -0.25) is 9.69 Å². The first-order chi connectivity index (χ1) is 11.4. The fraction of sp³-hybridized carbons (Fsp3) is 0.500. The third-order valence-electron chi connectivity index (χ3n) is 5.63. The number of hydrogen-bond donors (Lipinski definition) is 1. The smallest absolute Gasteiger partial charge is 0.261 e. The summed E-state index contributed by atoms with van der Waals surface area (Å²) in [5.41, 5.74) is -0.0785. The summed E-state index contributed by atoms with van der Waals surface area (Å²) in [6.45, 7) is 6.50. The van der Waals surface area contributed by atoms with Gasteiger partial charge in [-0.15, -0.1) is 11.3 Å². The highest BCUT2D eigenvalue weighted by atomic mass is 32.1. The maximum atomic E-state index is 13.9. The number of thiophene rings is 1. The second kappa shape index (κ2) is 5.49. The molecular formula is C18H20F2N2OS. The first kappa shape index (κ1) is 16.0. The molecule has 1 aromatic carbocycles. The molecule has 0 radical (unpaired) electrons. The summed E-state index contributed by atoms with van der Waals surface area (Å²) in [5.74, 6) is -0.944. The highest BCUT2D eigenvalue weighted by Gasteiger charge is 2.48. The lowest BCUT2D eigenvalue weighted by Crippen LogP contribution is -2.69. The van der Waals surface area contributed by atoms with Crippen LogP contribution in [0, 0.1) is 17.6 Å². The van der Waals surface area contributed by atoms with Gasteiger partial charge in [-0.25, -0.2) is 8.78 Å². The zero-order valence-electron chi connectivity index (χ0n) is 13.7. The van der Waals surface area contributed by atoms with Gasteiger partial charge in [0, 0.05) is 17.6 Å². The number of carbonyl (C=O) groups excluding carboxylic acids is 1. The molecule has 5 rings (SSSR count). The second-order valence-electron chi connectivity index (χ2n) is 7.35. The minimum Gasteiger partial charge on any atom is -0.346 e. The summed E-state index contributed by atoms with van der Waals surface area (Å²) in [5, 5.41) is 3.61. The van der Waals surface area contributed by atoms with Crippen molar-refractivity contribution < 1.29 is 13.6 Å². The van der Waals surface area contributed by atoms with E-state index >= 15 is 0 Å². The minimum atomic E-state index is -0.622. The van der Waals surface area contributed by atoms with E-state index in [0.29, 0.717) is 20.9 Å². The Morgan fingerprint density at radius 3 is 2.62 bits per heavy atom. The number of nitrogens with zero attached hydrogens (tertiary/aromatic N) is 1. The Bertz CT molecular complexity index is 809. The number of piperidine rings is 3. The number of amides is 1. The highest BCUT2D eigenvalue weighted by Crippen LogP contribution is 2.39. The Balaban J connectivity index is 1.61. The average Bonchev–Trinajstić information content (AvgIpc) is 2.95. The van der Waals surface area contributed by atoms with Crippen LogP contribution in [0.2, 0.25) is 0 Å². The molecule has 0 unspecified atom stereocenters. The van der Waals surface area contributed by atoms with E-state index in [2.05, 4.69) is 24.1 Å². The van der Waals surface area contributed by atoms with E-state index in [1.807, 2.05) is 0 Å². The van der Waals surface area contributed by atoms with Crippen LogP contribution in [0.4, 0.5) is 8.78 Å². The van der Waals surface area contributed by atoms with Crippen LogP contribution in [-0.2, 0) is 0 Å². The Kier molecular flexibility index (Phi) is 3.65. The van der Waals surface area contributed by atoms with Crippen LogP contribution < -0.4 is 5.32 Å². The van der Waals surface area contributed by atoms with Crippen LogP contribution in [0.5, 0.6) is 0 Å². The minimum absolute atomic E-state index is 0.0785. The van der Waals surface area contributed by atoms with Crippen molar-refractivity contribution in [1.29, 1.82) is 0 Å². The first-order valence-corrected chi connectivity index (χ1v) is 9.12. The molecule has 1 atom stereocenters. The van der Waals surface area contributed by atoms with Gasteiger partial charge in [0.15, 0.2) is 0 Å². The van der Waals surface area contributed by atoms with Crippen LogP contribution in [0.1, 0.15) is 36.4 Å². The van der Waals surface area contributed by atoms with Gasteiger partial charge in [-0.05, 0) is 63.2 Å². The monoisotopic (exact) mass is 350 g/mol. The lowest BCUT2D eigenvalue weighted by Gasteiger charge is -2.56. The van der Waals surface area contributed by atoms with Gasteiger partial charge in [-0.2, -0.15) is 0 Å². The first-order valence-electron chi connectivity index (χ1n) is 8.31. The number of rotatable bonds is 2. The molecule has 3 saturated heterocycles. The van der Waals surface area contributed by atoms with Crippen molar-refractivity contribution >= 4 is 27.3 Å². The third-order valence-corrected chi connectivity index (χ3v) is 6.79. The number of carbonyl (C=O) groups is 1. The Morgan fingerprint density at radius 2 is 1.96 bits per heavy atom. The van der Waals surface area contributed by atoms with E-state index in [0.717, 1.165) is 43.3 Å². The number of fused-ring (bicyclic) bond motifs is 4. The van der Waals surface area contributed by atoms with Crippen LogP contribution in [0.3, 0.4) is 0 Å². The molecular weight excluding hydrogens is 330 g/mol. The van der Waals surface area contributed by atoms with Crippen molar-refractivity contribution in [2.24, 2.45) is 5.92 Å².